The molecule has 0 saturated heterocycles. The van der Waals surface area contributed by atoms with Gasteiger partial charge in [-0.25, -0.2) is 0 Å². The molecule has 0 bridgehead atoms. The predicted octanol–water partition coefficient (Wildman–Crippen LogP) is 12.3. The Hall–Kier alpha value is -6.57. The van der Waals surface area contributed by atoms with Gasteiger partial charge in [-0.1, -0.05) is 50.4 Å². The zero-order chi connectivity index (χ0) is 50.4. The number of ether oxygens (including phenoxy) is 2. The standard InChI is InChI=1S/C24H29ClN4.C17H24N2O2.C8H7NO2.C6H7N.CH5N/c1-5-8-22-20-11-15(2)19(12-23(20)29(28-22)18-9-6-7-10-18)17(4)27-24-16(3)13-26-14-21(24)25;1-19-11-5-8-15(18-19)13-9-10-16(20-2)17(12-13)21-14-6-3-4-7-14;10-5-7-1-3-8(4-2-7)9-6-11;1-6-3-2-4-7-5-6;1-2/h11-14,18H,4-10H2,1-3H3,(H,26,27);9-10,12,14H,3-8,11H2,1-2H3;1-6H,(H,9,11);2-5H,1H3;2H2,1H3. The lowest BCUT2D eigenvalue weighted by Gasteiger charge is -2.22. The maximum atomic E-state index is 10.2. The van der Waals surface area contributed by atoms with E-state index in [1.54, 1.807) is 43.8 Å². The molecular weight excluding hydrogens is 898 g/mol. The highest BCUT2D eigenvalue weighted by Crippen LogP contribution is 2.37. The number of methoxy groups -OCH3 is 1. The van der Waals surface area contributed by atoms with Crippen LogP contribution in [0.1, 0.15) is 127 Å². The number of aromatic nitrogens is 4. The molecule has 0 atom stereocenters. The van der Waals surface area contributed by atoms with E-state index in [2.05, 4.69) is 80.8 Å². The summed E-state index contributed by atoms with van der Waals surface area (Å²) in [5, 5.41) is 19.5. The molecule has 3 aromatic heterocycles. The molecule has 6 aromatic rings. The number of amides is 1. The van der Waals surface area contributed by atoms with E-state index in [0.717, 1.165) is 96.6 Å². The van der Waals surface area contributed by atoms with Crippen molar-refractivity contribution in [1.82, 2.24) is 24.8 Å². The van der Waals surface area contributed by atoms with Crippen molar-refractivity contribution in [2.75, 3.05) is 38.4 Å². The second-order valence-electron chi connectivity index (χ2n) is 17.6. The van der Waals surface area contributed by atoms with E-state index >= 15 is 0 Å². The third kappa shape index (κ3) is 15.5. The van der Waals surface area contributed by atoms with Crippen molar-refractivity contribution in [3.8, 4) is 11.5 Å². The first-order valence-electron chi connectivity index (χ1n) is 24.4. The number of aryl methyl sites for hydroxylation is 4. The highest BCUT2D eigenvalue weighted by atomic mass is 35.5. The van der Waals surface area contributed by atoms with Crippen molar-refractivity contribution < 1.29 is 19.1 Å². The van der Waals surface area contributed by atoms with Crippen LogP contribution in [0.5, 0.6) is 11.5 Å². The van der Waals surface area contributed by atoms with Crippen LogP contribution in [-0.2, 0) is 11.2 Å². The molecule has 13 nitrogen and oxygen atoms in total. The molecule has 0 radical (unpaired) electrons. The van der Waals surface area contributed by atoms with Crippen molar-refractivity contribution in [3.05, 3.63) is 142 Å². The Kier molecular flexibility index (Phi) is 21.9. The minimum atomic E-state index is 0.338. The minimum Gasteiger partial charge on any atom is -0.493 e. The van der Waals surface area contributed by atoms with E-state index in [-0.39, 0.29) is 0 Å². The van der Waals surface area contributed by atoms with Crippen LogP contribution in [-0.4, -0.2) is 77.0 Å². The van der Waals surface area contributed by atoms with Crippen molar-refractivity contribution in [2.24, 2.45) is 10.8 Å². The number of carbonyl (C=O) groups excluding carboxylic acids is 2. The van der Waals surface area contributed by atoms with Crippen LogP contribution in [0.15, 0.2) is 103 Å². The van der Waals surface area contributed by atoms with Crippen molar-refractivity contribution in [1.29, 1.82) is 0 Å². The quantitative estimate of drug-likeness (QED) is 0.0950. The number of anilines is 2. The Morgan fingerprint density at radius 1 is 0.886 bits per heavy atom. The molecule has 9 rings (SSSR count). The number of nitrogens with two attached hydrogens (primary N) is 1. The van der Waals surface area contributed by atoms with Crippen LogP contribution < -0.4 is 25.8 Å². The van der Waals surface area contributed by atoms with Gasteiger partial charge in [0.1, 0.15) is 6.29 Å². The van der Waals surface area contributed by atoms with Gasteiger partial charge in [0, 0.05) is 71.8 Å². The summed E-state index contributed by atoms with van der Waals surface area (Å²) >= 11 is 6.37. The molecule has 2 fully saturated rings. The summed E-state index contributed by atoms with van der Waals surface area (Å²) in [6, 6.07) is 21.8. The number of benzene rings is 3. The number of hydrogen-bond donors (Lipinski definition) is 3. The summed E-state index contributed by atoms with van der Waals surface area (Å²) in [6.45, 7) is 13.7. The largest absolute Gasteiger partial charge is 0.493 e. The summed E-state index contributed by atoms with van der Waals surface area (Å²) < 4.78 is 13.9. The highest BCUT2D eigenvalue weighted by Gasteiger charge is 2.23. The van der Waals surface area contributed by atoms with E-state index in [0.29, 0.717) is 34.8 Å². The maximum Gasteiger partial charge on any atom is 0.211 e. The number of hydrazone groups is 1. The molecule has 14 heteroatoms. The van der Waals surface area contributed by atoms with Crippen molar-refractivity contribution >= 4 is 58.0 Å². The van der Waals surface area contributed by atoms with Crippen LogP contribution in [0.25, 0.3) is 16.6 Å². The summed E-state index contributed by atoms with van der Waals surface area (Å²) in [7, 11) is 5.22. The third-order valence-corrected chi connectivity index (χ3v) is 12.6. The monoisotopic (exact) mass is 970 g/mol. The van der Waals surface area contributed by atoms with Crippen LogP contribution in [0.3, 0.4) is 0 Å². The third-order valence-electron chi connectivity index (χ3n) is 12.3. The molecule has 4 heterocycles. The number of aldehydes is 1. The van der Waals surface area contributed by atoms with Crippen LogP contribution >= 0.6 is 11.6 Å². The van der Waals surface area contributed by atoms with Crippen molar-refractivity contribution in [2.45, 2.75) is 117 Å². The molecule has 3 aliphatic rings. The summed E-state index contributed by atoms with van der Waals surface area (Å²) in [6.07, 6.45) is 22.9. The lowest BCUT2D eigenvalue weighted by molar-refractivity contribution is -0.105. The lowest BCUT2D eigenvalue weighted by Crippen LogP contribution is -2.22. The van der Waals surface area contributed by atoms with Gasteiger partial charge in [0.15, 0.2) is 11.5 Å². The number of pyridine rings is 2. The van der Waals surface area contributed by atoms with E-state index in [1.165, 1.54) is 73.3 Å². The zero-order valence-corrected chi connectivity index (χ0v) is 42.9. The van der Waals surface area contributed by atoms with Crippen LogP contribution in [0, 0.1) is 20.8 Å². The van der Waals surface area contributed by atoms with Gasteiger partial charge in [-0.15, -0.1) is 0 Å². The van der Waals surface area contributed by atoms with Gasteiger partial charge in [0.2, 0.25) is 6.41 Å². The van der Waals surface area contributed by atoms with Gasteiger partial charge in [-0.05, 0) is 163 Å². The molecule has 2 aliphatic carbocycles. The zero-order valence-electron chi connectivity index (χ0n) is 42.1. The molecule has 1 aliphatic heterocycles. The Morgan fingerprint density at radius 3 is 2.21 bits per heavy atom. The second kappa shape index (κ2) is 28.2. The number of nitrogens with one attached hydrogen (secondary N) is 2. The molecule has 0 spiro atoms. The first kappa shape index (κ1) is 54.4. The fourth-order valence-corrected chi connectivity index (χ4v) is 8.98. The molecule has 70 heavy (non-hydrogen) atoms. The topological polar surface area (TPSA) is 162 Å². The number of halogens is 1. The average Bonchev–Trinajstić information content (AvgIpc) is 4.18. The Balaban J connectivity index is 0.000000193. The molecule has 4 N–H and O–H groups in total. The Bertz CT molecular complexity index is 2600. The maximum absolute atomic E-state index is 10.2. The van der Waals surface area contributed by atoms with Gasteiger partial charge in [0.25, 0.3) is 0 Å². The Morgan fingerprint density at radius 2 is 1.61 bits per heavy atom. The lowest BCUT2D eigenvalue weighted by atomic mass is 10.0. The first-order chi connectivity index (χ1) is 34.0. The molecule has 2 saturated carbocycles. The van der Waals surface area contributed by atoms with E-state index in [1.807, 2.05) is 56.5 Å². The molecule has 372 valence electrons. The number of carbonyl (C=O) groups is 2. The molecular formula is C56H72ClN9O4. The smallest absolute Gasteiger partial charge is 0.211 e. The normalized spacial score (nSPS) is 14.2. The van der Waals surface area contributed by atoms with Gasteiger partial charge >= 0.3 is 0 Å². The number of hydrogen-bond acceptors (Lipinski definition) is 11. The summed E-state index contributed by atoms with van der Waals surface area (Å²) in [4.78, 5) is 28.2. The Labute approximate surface area is 419 Å². The fourth-order valence-electron chi connectivity index (χ4n) is 8.73. The van der Waals surface area contributed by atoms with E-state index < -0.39 is 0 Å². The molecule has 0 unspecified atom stereocenters. The van der Waals surface area contributed by atoms with E-state index in [9.17, 15) is 9.59 Å². The molecule has 1 amide bonds. The minimum absolute atomic E-state index is 0.338. The first-order valence-corrected chi connectivity index (χ1v) is 24.8. The van der Waals surface area contributed by atoms with Gasteiger partial charge in [0.05, 0.1) is 46.9 Å². The highest BCUT2D eigenvalue weighted by molar-refractivity contribution is 6.33. The van der Waals surface area contributed by atoms with Crippen LogP contribution in [0.4, 0.5) is 11.4 Å². The number of fused-ring (bicyclic) bond motifs is 1. The molecule has 3 aromatic carbocycles. The average molecular weight is 971 g/mol. The SMILES string of the molecule is C=C(Nc1c(C)cncc1Cl)c1cc2c(cc1C)c(CCC)nn2C1CCCC1.CN.COc1ccc(C2=NN(C)CCC2)cc1OC1CCCC1.Cc1cccnc1.O=CNc1ccc(C=O)cc1. The fraction of sp³-hybridized carbons (Fsp3) is 0.393. The van der Waals surface area contributed by atoms with Gasteiger partial charge < -0.3 is 25.8 Å². The van der Waals surface area contributed by atoms with E-state index in [4.69, 9.17) is 26.2 Å². The summed E-state index contributed by atoms with van der Waals surface area (Å²) in [5.74, 6) is 1.67. The van der Waals surface area contributed by atoms with Crippen LogP contribution in [0.2, 0.25) is 5.02 Å². The summed E-state index contributed by atoms with van der Waals surface area (Å²) in [5.41, 5.74) is 16.7. The number of nitrogens with zero attached hydrogens (tertiary/aromatic N) is 6. The predicted molar refractivity (Wildman–Crippen MR) is 287 cm³/mol. The van der Waals surface area contributed by atoms with Crippen molar-refractivity contribution in [3.63, 3.8) is 0 Å². The van der Waals surface area contributed by atoms with Gasteiger partial charge in [-0.3, -0.25) is 29.2 Å². The number of rotatable bonds is 13. The second-order valence-corrected chi connectivity index (χ2v) is 18.0. The van der Waals surface area contributed by atoms with Gasteiger partial charge in [-0.2, -0.15) is 10.2 Å².